The summed E-state index contributed by atoms with van der Waals surface area (Å²) in [5.74, 6) is 0.316. The highest BCUT2D eigenvalue weighted by atomic mass is 32.2. The lowest BCUT2D eigenvalue weighted by atomic mass is 9.97. The van der Waals surface area contributed by atoms with Crippen molar-refractivity contribution in [3.05, 3.63) is 20.8 Å². The summed E-state index contributed by atoms with van der Waals surface area (Å²) in [6.45, 7) is 1.32. The van der Waals surface area contributed by atoms with Gasteiger partial charge in [0.05, 0.1) is 23.3 Å². The smallest absolute Gasteiger partial charge is 0.263 e. The van der Waals surface area contributed by atoms with Crippen molar-refractivity contribution >= 4 is 39.1 Å². The molecule has 0 spiro atoms. The number of rotatable bonds is 4. The monoisotopic (exact) mass is 432 g/mol. The molecule has 0 bridgehead atoms. The lowest BCUT2D eigenvalue weighted by Crippen LogP contribution is -2.30. The van der Waals surface area contributed by atoms with Gasteiger partial charge in [0, 0.05) is 17.9 Å². The van der Waals surface area contributed by atoms with E-state index in [9.17, 15) is 9.59 Å². The highest BCUT2D eigenvalue weighted by Crippen LogP contribution is 2.36. The molecule has 5 rings (SSSR count). The second-order valence-corrected chi connectivity index (χ2v) is 10.8. The van der Waals surface area contributed by atoms with Crippen molar-refractivity contribution in [2.75, 3.05) is 6.61 Å². The first-order valence-corrected chi connectivity index (χ1v) is 12.8. The van der Waals surface area contributed by atoms with Gasteiger partial charge >= 0.3 is 0 Å². The van der Waals surface area contributed by atoms with Gasteiger partial charge in [-0.1, -0.05) is 24.6 Å². The predicted molar refractivity (Wildman–Crippen MR) is 117 cm³/mol. The van der Waals surface area contributed by atoms with Crippen LogP contribution in [-0.4, -0.2) is 33.3 Å². The highest BCUT2D eigenvalue weighted by Gasteiger charge is 2.28. The molecule has 156 valence electrons. The summed E-state index contributed by atoms with van der Waals surface area (Å²) in [5, 5.41) is 1.48. The molecule has 1 saturated carbocycles. The number of Topliss-reactive ketones (excluding diaryl/α,β-unsaturated/α-hetero) is 1. The zero-order chi connectivity index (χ0) is 19.8. The minimum atomic E-state index is -0.0767. The van der Waals surface area contributed by atoms with Gasteiger partial charge in [-0.2, -0.15) is 0 Å². The molecule has 3 heterocycles. The molecule has 5 nitrogen and oxygen atoms in total. The van der Waals surface area contributed by atoms with Crippen LogP contribution >= 0.6 is 23.1 Å². The van der Waals surface area contributed by atoms with Crippen LogP contribution in [0.15, 0.2) is 9.95 Å². The van der Waals surface area contributed by atoms with E-state index in [1.807, 2.05) is 4.57 Å². The van der Waals surface area contributed by atoms with Crippen molar-refractivity contribution in [2.45, 2.75) is 93.7 Å². The topological polar surface area (TPSA) is 61.2 Å². The Kier molecular flexibility index (Phi) is 5.80. The van der Waals surface area contributed by atoms with Crippen LogP contribution < -0.4 is 5.56 Å². The van der Waals surface area contributed by atoms with Gasteiger partial charge in [0.1, 0.15) is 10.6 Å². The number of nitrogens with zero attached hydrogens (tertiary/aromatic N) is 2. The average Bonchev–Trinajstić information content (AvgIpc) is 3.31. The number of ether oxygens (including phenoxy) is 1. The van der Waals surface area contributed by atoms with Gasteiger partial charge in [-0.05, 0) is 56.9 Å². The minimum Gasteiger partial charge on any atom is -0.376 e. The van der Waals surface area contributed by atoms with E-state index in [4.69, 9.17) is 9.72 Å². The van der Waals surface area contributed by atoms with Crippen LogP contribution in [0.4, 0.5) is 0 Å². The summed E-state index contributed by atoms with van der Waals surface area (Å²) in [5.41, 5.74) is 1.31. The normalized spacial score (nSPS) is 25.3. The van der Waals surface area contributed by atoms with Crippen molar-refractivity contribution in [1.29, 1.82) is 0 Å². The third-order valence-electron chi connectivity index (χ3n) is 6.45. The zero-order valence-electron chi connectivity index (χ0n) is 16.8. The molecule has 2 aliphatic carbocycles. The maximum absolute atomic E-state index is 13.6. The molecular weight excluding hydrogens is 404 g/mol. The van der Waals surface area contributed by atoms with E-state index in [0.29, 0.717) is 18.7 Å². The molecule has 0 radical (unpaired) electrons. The van der Waals surface area contributed by atoms with Crippen LogP contribution in [0.3, 0.4) is 0 Å². The van der Waals surface area contributed by atoms with Crippen molar-refractivity contribution in [1.82, 2.24) is 9.55 Å². The van der Waals surface area contributed by atoms with E-state index in [1.54, 1.807) is 11.3 Å². The van der Waals surface area contributed by atoms with Crippen molar-refractivity contribution < 1.29 is 9.53 Å². The number of fused-ring (bicyclic) bond motifs is 3. The molecule has 0 N–H and O–H groups in total. The largest absolute Gasteiger partial charge is 0.376 e. The lowest BCUT2D eigenvalue weighted by molar-refractivity contribution is -0.118. The molecule has 3 aliphatic rings. The first kappa shape index (κ1) is 19.8. The molecule has 0 aromatic carbocycles. The van der Waals surface area contributed by atoms with Crippen LogP contribution in [0.1, 0.15) is 68.2 Å². The maximum Gasteiger partial charge on any atom is 0.263 e. The van der Waals surface area contributed by atoms with Gasteiger partial charge < -0.3 is 4.74 Å². The fourth-order valence-electron chi connectivity index (χ4n) is 4.84. The van der Waals surface area contributed by atoms with E-state index in [-0.39, 0.29) is 16.9 Å². The summed E-state index contributed by atoms with van der Waals surface area (Å²) >= 11 is 3.22. The molecule has 7 heteroatoms. The predicted octanol–water partition coefficient (Wildman–Crippen LogP) is 4.51. The number of thioether (sulfide) groups is 1. The van der Waals surface area contributed by atoms with Crippen LogP contribution in [0.2, 0.25) is 0 Å². The standard InChI is InChI=1S/C22H28N2O3S2/c25-16-9-2-1-3-11-18(16)29-22-23-20-19(15-8-4-5-10-17(15)28-20)21(26)24(22)13-14-7-6-12-27-14/h14,18H,1-13H2. The van der Waals surface area contributed by atoms with E-state index in [2.05, 4.69) is 0 Å². The fourth-order valence-corrected chi connectivity index (χ4v) is 7.37. The highest BCUT2D eigenvalue weighted by molar-refractivity contribution is 8.00. The second-order valence-electron chi connectivity index (χ2n) is 8.51. The van der Waals surface area contributed by atoms with E-state index < -0.39 is 0 Å². The molecule has 1 saturated heterocycles. The number of carbonyl (C=O) groups excluding carboxylic acids is 1. The van der Waals surface area contributed by atoms with Gasteiger partial charge in [0.2, 0.25) is 0 Å². The summed E-state index contributed by atoms with van der Waals surface area (Å²) in [7, 11) is 0. The first-order chi connectivity index (χ1) is 14.2. The van der Waals surface area contributed by atoms with Crippen LogP contribution in [-0.2, 0) is 28.9 Å². The van der Waals surface area contributed by atoms with Gasteiger partial charge in [0.25, 0.3) is 5.56 Å². The SMILES string of the molecule is O=C1CCCCCC1Sc1nc2sc3c(c2c(=O)n1CC1CCCO1)CCCC3. The summed E-state index contributed by atoms with van der Waals surface area (Å²) in [6.07, 6.45) is 11.2. The van der Waals surface area contributed by atoms with Gasteiger partial charge in [0.15, 0.2) is 5.16 Å². The average molecular weight is 433 g/mol. The van der Waals surface area contributed by atoms with Crippen LogP contribution in [0.25, 0.3) is 10.2 Å². The number of ketones is 1. The van der Waals surface area contributed by atoms with Crippen molar-refractivity contribution in [2.24, 2.45) is 0 Å². The summed E-state index contributed by atoms with van der Waals surface area (Å²) < 4.78 is 7.68. The van der Waals surface area contributed by atoms with Crippen molar-refractivity contribution in [3.63, 3.8) is 0 Å². The van der Waals surface area contributed by atoms with E-state index in [1.165, 1.54) is 28.6 Å². The Labute approximate surface area is 179 Å². The summed E-state index contributed by atoms with van der Waals surface area (Å²) in [6, 6.07) is 0. The number of hydrogen-bond acceptors (Lipinski definition) is 6. The minimum absolute atomic E-state index is 0.0746. The maximum atomic E-state index is 13.6. The lowest BCUT2D eigenvalue weighted by Gasteiger charge is -2.19. The third kappa shape index (κ3) is 3.93. The van der Waals surface area contributed by atoms with E-state index in [0.717, 1.165) is 79.8 Å². The second kappa shape index (κ2) is 8.52. The van der Waals surface area contributed by atoms with Gasteiger partial charge in [-0.3, -0.25) is 14.2 Å². The Bertz CT molecular complexity index is 975. The number of thiophene rings is 1. The zero-order valence-corrected chi connectivity index (χ0v) is 18.4. The first-order valence-electron chi connectivity index (χ1n) is 11.1. The Morgan fingerprint density at radius 2 is 1.90 bits per heavy atom. The molecule has 2 aromatic rings. The quantitative estimate of drug-likeness (QED) is 0.525. The van der Waals surface area contributed by atoms with E-state index >= 15 is 0 Å². The molecule has 29 heavy (non-hydrogen) atoms. The number of carbonyl (C=O) groups is 1. The number of aryl methyl sites for hydroxylation is 2. The molecule has 2 atom stereocenters. The Morgan fingerprint density at radius 1 is 1.03 bits per heavy atom. The van der Waals surface area contributed by atoms with Crippen LogP contribution in [0, 0.1) is 0 Å². The third-order valence-corrected chi connectivity index (χ3v) is 8.94. The molecule has 1 aliphatic heterocycles. The molecular formula is C22H28N2O3S2. The fraction of sp³-hybridized carbons (Fsp3) is 0.682. The summed E-state index contributed by atoms with van der Waals surface area (Å²) in [4.78, 5) is 33.4. The molecule has 2 fully saturated rings. The number of aromatic nitrogens is 2. The van der Waals surface area contributed by atoms with Crippen LogP contribution in [0.5, 0.6) is 0 Å². The van der Waals surface area contributed by atoms with Gasteiger partial charge in [-0.15, -0.1) is 11.3 Å². The van der Waals surface area contributed by atoms with Gasteiger partial charge in [-0.25, -0.2) is 4.98 Å². The Hall–Kier alpha value is -1.18. The molecule has 2 unspecified atom stereocenters. The number of hydrogen-bond donors (Lipinski definition) is 0. The molecule has 2 aromatic heterocycles. The Morgan fingerprint density at radius 3 is 2.76 bits per heavy atom. The van der Waals surface area contributed by atoms with Crippen molar-refractivity contribution in [3.8, 4) is 0 Å². The Balaban J connectivity index is 1.58. The molecule has 0 amide bonds.